The molecule has 1 aliphatic rings. The van der Waals surface area contributed by atoms with Crippen molar-refractivity contribution in [3.8, 4) is 11.5 Å². The van der Waals surface area contributed by atoms with Crippen LogP contribution in [0, 0.1) is 5.92 Å². The fourth-order valence-corrected chi connectivity index (χ4v) is 3.32. The Morgan fingerprint density at radius 3 is 2.31 bits per heavy atom. The van der Waals surface area contributed by atoms with Crippen LogP contribution < -0.4 is 14.8 Å². The van der Waals surface area contributed by atoms with Gasteiger partial charge in [0.15, 0.2) is 6.61 Å². The van der Waals surface area contributed by atoms with Crippen LogP contribution in [0.4, 0.5) is 5.69 Å². The van der Waals surface area contributed by atoms with E-state index in [1.54, 1.807) is 0 Å². The normalized spacial score (nSPS) is 14.6. The molecule has 2 aromatic carbocycles. The Morgan fingerprint density at radius 1 is 0.885 bits per heavy atom. The second kappa shape index (κ2) is 9.85. The van der Waals surface area contributed by atoms with Crippen LogP contribution in [-0.2, 0) is 4.79 Å². The van der Waals surface area contributed by atoms with E-state index >= 15 is 0 Å². The molecule has 26 heavy (non-hydrogen) atoms. The minimum atomic E-state index is -0.181. The molecule has 1 fully saturated rings. The summed E-state index contributed by atoms with van der Waals surface area (Å²) in [5, 5.41) is 2.83. The number of amides is 1. The maximum Gasteiger partial charge on any atom is 0.262 e. The summed E-state index contributed by atoms with van der Waals surface area (Å²) in [6.07, 6.45) is 7.95. The maximum atomic E-state index is 12.0. The lowest BCUT2D eigenvalue weighted by Crippen LogP contribution is -2.20. The van der Waals surface area contributed by atoms with Crippen molar-refractivity contribution >= 4 is 11.6 Å². The van der Waals surface area contributed by atoms with Crippen LogP contribution in [0.25, 0.3) is 0 Å². The van der Waals surface area contributed by atoms with E-state index < -0.39 is 0 Å². The zero-order valence-electron chi connectivity index (χ0n) is 15.2. The third-order valence-corrected chi connectivity index (χ3v) is 4.77. The van der Waals surface area contributed by atoms with Crippen LogP contribution in [0.2, 0.25) is 0 Å². The van der Waals surface area contributed by atoms with Gasteiger partial charge in [0.05, 0.1) is 6.61 Å². The number of carbonyl (C=O) groups excluding carboxylic acids is 1. The largest absolute Gasteiger partial charge is 0.494 e. The van der Waals surface area contributed by atoms with Gasteiger partial charge in [0.2, 0.25) is 0 Å². The fourth-order valence-electron chi connectivity index (χ4n) is 3.32. The van der Waals surface area contributed by atoms with Crippen LogP contribution in [0.1, 0.15) is 38.5 Å². The van der Waals surface area contributed by atoms with E-state index in [1.165, 1.54) is 32.1 Å². The Morgan fingerprint density at radius 2 is 1.58 bits per heavy atom. The molecule has 2 aromatic rings. The molecule has 0 heterocycles. The lowest BCUT2D eigenvalue weighted by Gasteiger charge is -2.21. The van der Waals surface area contributed by atoms with Crippen molar-refractivity contribution in [2.75, 3.05) is 18.5 Å². The predicted octanol–water partition coefficient (Wildman–Crippen LogP) is 5.05. The van der Waals surface area contributed by atoms with Gasteiger partial charge >= 0.3 is 0 Å². The Hall–Kier alpha value is -2.49. The molecule has 0 aliphatic heterocycles. The van der Waals surface area contributed by atoms with Gasteiger partial charge in [-0.15, -0.1) is 0 Å². The fraction of sp³-hybridized carbons (Fsp3) is 0.409. The average Bonchev–Trinajstić information content (AvgIpc) is 2.69. The number of benzene rings is 2. The molecular formula is C22H27NO3. The molecule has 3 rings (SSSR count). The molecule has 4 heteroatoms. The molecule has 0 unspecified atom stereocenters. The molecule has 0 spiro atoms. The smallest absolute Gasteiger partial charge is 0.262 e. The zero-order chi connectivity index (χ0) is 18.0. The van der Waals surface area contributed by atoms with Gasteiger partial charge in [-0.3, -0.25) is 4.79 Å². The molecule has 0 saturated heterocycles. The van der Waals surface area contributed by atoms with Crippen LogP contribution in [0.5, 0.6) is 11.5 Å². The SMILES string of the molecule is O=C(COc1ccccc1)Nc1ccc(OCCC2CCCCC2)cc1. The Kier molecular flexibility index (Phi) is 6.94. The number of ether oxygens (including phenoxy) is 2. The Balaban J connectivity index is 1.37. The van der Waals surface area contributed by atoms with Gasteiger partial charge in [-0.1, -0.05) is 50.3 Å². The van der Waals surface area contributed by atoms with Crippen molar-refractivity contribution < 1.29 is 14.3 Å². The van der Waals surface area contributed by atoms with Gasteiger partial charge in [-0.2, -0.15) is 0 Å². The van der Waals surface area contributed by atoms with Crippen LogP contribution in [0.3, 0.4) is 0 Å². The summed E-state index contributed by atoms with van der Waals surface area (Å²) in [7, 11) is 0. The molecule has 138 valence electrons. The van der Waals surface area contributed by atoms with Crippen LogP contribution in [0.15, 0.2) is 54.6 Å². The van der Waals surface area contributed by atoms with Gasteiger partial charge in [0, 0.05) is 5.69 Å². The molecule has 0 radical (unpaired) electrons. The van der Waals surface area contributed by atoms with E-state index in [4.69, 9.17) is 9.47 Å². The van der Waals surface area contributed by atoms with Crippen molar-refractivity contribution in [2.45, 2.75) is 38.5 Å². The lowest BCUT2D eigenvalue weighted by atomic mass is 9.87. The lowest BCUT2D eigenvalue weighted by molar-refractivity contribution is -0.118. The summed E-state index contributed by atoms with van der Waals surface area (Å²) >= 11 is 0. The molecule has 1 amide bonds. The number of hydrogen-bond donors (Lipinski definition) is 1. The standard InChI is InChI=1S/C22H27NO3/c24-22(17-26-20-9-5-2-6-10-20)23-19-11-13-21(14-12-19)25-16-15-18-7-3-1-4-8-18/h2,5-6,9-14,18H,1,3-4,7-8,15-17H2,(H,23,24). The van der Waals surface area contributed by atoms with Crippen molar-refractivity contribution in [1.82, 2.24) is 0 Å². The van der Waals surface area contributed by atoms with Gasteiger partial charge in [0.1, 0.15) is 11.5 Å². The molecule has 1 aliphatic carbocycles. The minimum Gasteiger partial charge on any atom is -0.494 e. The first kappa shape index (κ1) is 18.3. The van der Waals surface area contributed by atoms with Gasteiger partial charge < -0.3 is 14.8 Å². The first-order valence-corrected chi connectivity index (χ1v) is 9.50. The van der Waals surface area contributed by atoms with E-state index in [0.29, 0.717) is 5.75 Å². The zero-order valence-corrected chi connectivity index (χ0v) is 15.2. The number of hydrogen-bond acceptors (Lipinski definition) is 3. The van der Waals surface area contributed by atoms with Gasteiger partial charge in [0.25, 0.3) is 5.91 Å². The average molecular weight is 353 g/mol. The van der Waals surface area contributed by atoms with E-state index in [2.05, 4.69) is 5.32 Å². The molecule has 0 bridgehead atoms. The molecule has 1 N–H and O–H groups in total. The summed E-state index contributed by atoms with van der Waals surface area (Å²) < 4.78 is 11.3. The summed E-state index contributed by atoms with van der Waals surface area (Å²) in [5.41, 5.74) is 0.742. The number of rotatable bonds is 8. The minimum absolute atomic E-state index is 0.0103. The first-order chi connectivity index (χ1) is 12.8. The summed E-state index contributed by atoms with van der Waals surface area (Å²) in [5.74, 6) is 2.18. The van der Waals surface area contributed by atoms with Gasteiger partial charge in [-0.25, -0.2) is 0 Å². The highest BCUT2D eigenvalue weighted by molar-refractivity contribution is 5.91. The first-order valence-electron chi connectivity index (χ1n) is 9.50. The Bertz CT molecular complexity index is 664. The highest BCUT2D eigenvalue weighted by Crippen LogP contribution is 2.26. The molecule has 4 nitrogen and oxygen atoms in total. The summed E-state index contributed by atoms with van der Waals surface area (Å²) in [4.78, 5) is 12.0. The number of carbonyl (C=O) groups is 1. The van der Waals surface area contributed by atoms with Crippen LogP contribution in [-0.4, -0.2) is 19.1 Å². The second-order valence-electron chi connectivity index (χ2n) is 6.82. The highest BCUT2D eigenvalue weighted by Gasteiger charge is 2.13. The molecule has 0 aromatic heterocycles. The summed E-state index contributed by atoms with van der Waals surface area (Å²) in [6, 6.07) is 16.8. The van der Waals surface area contributed by atoms with E-state index in [1.807, 2.05) is 54.6 Å². The quantitative estimate of drug-likeness (QED) is 0.722. The predicted molar refractivity (Wildman–Crippen MR) is 104 cm³/mol. The van der Waals surface area contributed by atoms with E-state index in [-0.39, 0.29) is 12.5 Å². The summed E-state index contributed by atoms with van der Waals surface area (Å²) in [6.45, 7) is 0.755. The van der Waals surface area contributed by atoms with Crippen molar-refractivity contribution in [3.05, 3.63) is 54.6 Å². The number of anilines is 1. The third-order valence-electron chi connectivity index (χ3n) is 4.77. The third kappa shape index (κ3) is 6.10. The molecule has 0 atom stereocenters. The highest BCUT2D eigenvalue weighted by atomic mass is 16.5. The topological polar surface area (TPSA) is 47.6 Å². The monoisotopic (exact) mass is 353 g/mol. The second-order valence-corrected chi connectivity index (χ2v) is 6.82. The number of nitrogens with one attached hydrogen (secondary N) is 1. The van der Waals surface area contributed by atoms with E-state index in [9.17, 15) is 4.79 Å². The van der Waals surface area contributed by atoms with Crippen LogP contribution >= 0.6 is 0 Å². The molecule has 1 saturated carbocycles. The van der Waals surface area contributed by atoms with Crippen molar-refractivity contribution in [3.63, 3.8) is 0 Å². The number of para-hydroxylation sites is 1. The Labute approximate surface area is 155 Å². The molecular weight excluding hydrogens is 326 g/mol. The van der Waals surface area contributed by atoms with E-state index in [0.717, 1.165) is 30.4 Å². The van der Waals surface area contributed by atoms with Gasteiger partial charge in [-0.05, 0) is 48.7 Å². The van der Waals surface area contributed by atoms with Crippen molar-refractivity contribution in [1.29, 1.82) is 0 Å². The maximum absolute atomic E-state index is 12.0. The van der Waals surface area contributed by atoms with Crippen molar-refractivity contribution in [2.24, 2.45) is 5.92 Å².